The van der Waals surface area contributed by atoms with Crippen molar-refractivity contribution in [2.45, 2.75) is 0 Å². The molecule has 1 N–H and O–H groups in total. The van der Waals surface area contributed by atoms with Crippen LogP contribution in [0.5, 0.6) is 0 Å². The molecule has 1 heterocycles. The van der Waals surface area contributed by atoms with Crippen molar-refractivity contribution in [1.82, 2.24) is 9.97 Å². The summed E-state index contributed by atoms with van der Waals surface area (Å²) in [5, 5.41) is 0.639. The van der Waals surface area contributed by atoms with Crippen molar-refractivity contribution in [3.8, 4) is 11.3 Å². The van der Waals surface area contributed by atoms with E-state index in [2.05, 4.69) is 9.97 Å². The number of aromatic nitrogens is 2. The number of nitrogens with one attached hydrogen (secondary N) is 1. The first-order valence-corrected chi connectivity index (χ1v) is 4.45. The normalized spacial score (nSPS) is 10.1. The van der Waals surface area contributed by atoms with E-state index in [1.807, 2.05) is 12.1 Å². The Hall–Kier alpha value is -1.61. The molecule has 4 heteroatoms. The summed E-state index contributed by atoms with van der Waals surface area (Å²) < 4.78 is 0. The Labute approximate surface area is 85.4 Å². The fourth-order valence-corrected chi connectivity index (χ4v) is 1.38. The van der Waals surface area contributed by atoms with Crippen LogP contribution in [0.25, 0.3) is 11.3 Å². The number of hydrogen-bond acceptors (Lipinski definition) is 2. The first-order valence-electron chi connectivity index (χ1n) is 4.07. The molecule has 0 unspecified atom stereocenters. The fraction of sp³-hybridized carbons (Fsp3) is 0. The van der Waals surface area contributed by atoms with Gasteiger partial charge in [-0.1, -0.05) is 23.7 Å². The van der Waals surface area contributed by atoms with Gasteiger partial charge in [0.25, 0.3) is 0 Å². The molecule has 70 valence electrons. The van der Waals surface area contributed by atoms with Crippen LogP contribution in [0.15, 0.2) is 41.3 Å². The third-order valence-electron chi connectivity index (χ3n) is 1.81. The van der Waals surface area contributed by atoms with Gasteiger partial charge >= 0.3 is 5.69 Å². The first kappa shape index (κ1) is 8.97. The molecule has 0 radical (unpaired) electrons. The number of H-pyrrole nitrogens is 1. The highest BCUT2D eigenvalue weighted by Crippen LogP contribution is 2.19. The Morgan fingerprint density at radius 3 is 2.86 bits per heavy atom. The summed E-state index contributed by atoms with van der Waals surface area (Å²) in [6, 6.07) is 9.00. The minimum Gasteiger partial charge on any atom is -0.305 e. The third-order valence-corrected chi connectivity index (χ3v) is 2.05. The van der Waals surface area contributed by atoms with E-state index in [1.54, 1.807) is 18.2 Å². The largest absolute Gasteiger partial charge is 0.345 e. The molecule has 1 aromatic heterocycles. The summed E-state index contributed by atoms with van der Waals surface area (Å²) in [5.41, 5.74) is 1.23. The number of halogens is 1. The van der Waals surface area contributed by atoms with Crippen LogP contribution >= 0.6 is 11.6 Å². The minimum absolute atomic E-state index is 0.359. The molecule has 14 heavy (non-hydrogen) atoms. The zero-order valence-electron chi connectivity index (χ0n) is 7.20. The van der Waals surface area contributed by atoms with Gasteiger partial charge in [0.15, 0.2) is 0 Å². The molecule has 0 saturated heterocycles. The highest BCUT2D eigenvalue weighted by atomic mass is 35.5. The van der Waals surface area contributed by atoms with E-state index >= 15 is 0 Å². The quantitative estimate of drug-likeness (QED) is 0.777. The topological polar surface area (TPSA) is 45.8 Å². The van der Waals surface area contributed by atoms with Gasteiger partial charge in [0, 0.05) is 11.2 Å². The molecule has 0 spiro atoms. The molecule has 0 saturated carbocycles. The molecular weight excluding hydrogens is 200 g/mol. The van der Waals surface area contributed by atoms with Crippen molar-refractivity contribution >= 4 is 11.6 Å². The smallest absolute Gasteiger partial charge is 0.305 e. The van der Waals surface area contributed by atoms with Gasteiger partial charge in [-0.05, 0) is 23.8 Å². The average Bonchev–Trinajstić information content (AvgIpc) is 2.18. The SMILES string of the molecule is O=c1nccc(-c2cccc(Cl)c2)[nH]1. The molecule has 3 nitrogen and oxygen atoms in total. The van der Waals surface area contributed by atoms with Crippen molar-refractivity contribution < 1.29 is 0 Å². The zero-order valence-corrected chi connectivity index (χ0v) is 7.95. The van der Waals surface area contributed by atoms with Crippen LogP contribution in [0.2, 0.25) is 5.02 Å². The minimum atomic E-state index is -0.359. The van der Waals surface area contributed by atoms with Gasteiger partial charge in [0.1, 0.15) is 0 Å². The van der Waals surface area contributed by atoms with E-state index in [0.717, 1.165) is 5.56 Å². The summed E-state index contributed by atoms with van der Waals surface area (Å²) >= 11 is 5.83. The summed E-state index contributed by atoms with van der Waals surface area (Å²) in [4.78, 5) is 17.1. The zero-order chi connectivity index (χ0) is 9.97. The summed E-state index contributed by atoms with van der Waals surface area (Å²) in [6.45, 7) is 0. The molecule has 2 aromatic rings. The number of nitrogens with zero attached hydrogens (tertiary/aromatic N) is 1. The van der Waals surface area contributed by atoms with Gasteiger partial charge in [0.05, 0.1) is 5.69 Å². The molecule has 0 fully saturated rings. The maximum atomic E-state index is 10.9. The van der Waals surface area contributed by atoms with Gasteiger partial charge in [-0.2, -0.15) is 0 Å². The lowest BCUT2D eigenvalue weighted by Gasteiger charge is -2.00. The molecule has 1 aromatic carbocycles. The highest BCUT2D eigenvalue weighted by Gasteiger charge is 1.98. The molecule has 0 bridgehead atoms. The van der Waals surface area contributed by atoms with Crippen LogP contribution in [0, 0.1) is 0 Å². The Kier molecular flexibility index (Phi) is 2.33. The number of rotatable bonds is 1. The lowest BCUT2D eigenvalue weighted by Crippen LogP contribution is -2.09. The van der Waals surface area contributed by atoms with Crippen LogP contribution in [0.1, 0.15) is 0 Å². The van der Waals surface area contributed by atoms with Crippen LogP contribution in [-0.4, -0.2) is 9.97 Å². The van der Waals surface area contributed by atoms with Gasteiger partial charge in [0.2, 0.25) is 0 Å². The maximum Gasteiger partial charge on any atom is 0.345 e. The van der Waals surface area contributed by atoms with Crippen molar-refractivity contribution in [3.63, 3.8) is 0 Å². The van der Waals surface area contributed by atoms with Crippen molar-refractivity contribution in [1.29, 1.82) is 0 Å². The van der Waals surface area contributed by atoms with E-state index in [-0.39, 0.29) is 5.69 Å². The standard InChI is InChI=1S/C10H7ClN2O/c11-8-3-1-2-7(6-8)9-4-5-12-10(14)13-9/h1-6H,(H,12,13,14). The first-order chi connectivity index (χ1) is 6.75. The van der Waals surface area contributed by atoms with E-state index in [1.165, 1.54) is 6.20 Å². The Morgan fingerprint density at radius 1 is 1.29 bits per heavy atom. The summed E-state index contributed by atoms with van der Waals surface area (Å²) in [5.74, 6) is 0. The predicted octanol–water partition coefficient (Wildman–Crippen LogP) is 2.09. The van der Waals surface area contributed by atoms with Crippen molar-refractivity contribution in [2.75, 3.05) is 0 Å². The maximum absolute atomic E-state index is 10.9. The van der Waals surface area contributed by atoms with Crippen LogP contribution in [-0.2, 0) is 0 Å². The molecule has 0 aliphatic rings. The van der Waals surface area contributed by atoms with Gasteiger partial charge in [-0.25, -0.2) is 9.78 Å². The number of aromatic amines is 1. The Balaban J connectivity index is 2.55. The second kappa shape index (κ2) is 3.64. The number of benzene rings is 1. The summed E-state index contributed by atoms with van der Waals surface area (Å²) in [6.07, 6.45) is 1.47. The van der Waals surface area contributed by atoms with Crippen molar-refractivity contribution in [2.24, 2.45) is 0 Å². The molecule has 0 atom stereocenters. The van der Waals surface area contributed by atoms with E-state index < -0.39 is 0 Å². The predicted molar refractivity (Wildman–Crippen MR) is 55.3 cm³/mol. The Bertz CT molecular complexity index is 507. The molecule has 0 amide bonds. The third kappa shape index (κ3) is 1.83. The highest BCUT2D eigenvalue weighted by molar-refractivity contribution is 6.30. The lowest BCUT2D eigenvalue weighted by atomic mass is 10.1. The number of hydrogen-bond donors (Lipinski definition) is 1. The molecule has 0 aliphatic carbocycles. The lowest BCUT2D eigenvalue weighted by molar-refractivity contribution is 1.08. The van der Waals surface area contributed by atoms with Crippen LogP contribution in [0.4, 0.5) is 0 Å². The molecule has 0 aliphatic heterocycles. The van der Waals surface area contributed by atoms with Crippen LogP contribution < -0.4 is 5.69 Å². The fourth-order valence-electron chi connectivity index (χ4n) is 1.19. The monoisotopic (exact) mass is 206 g/mol. The van der Waals surface area contributed by atoms with E-state index in [9.17, 15) is 4.79 Å². The van der Waals surface area contributed by atoms with Crippen LogP contribution in [0.3, 0.4) is 0 Å². The van der Waals surface area contributed by atoms with Gasteiger partial charge < -0.3 is 4.98 Å². The van der Waals surface area contributed by atoms with Crippen molar-refractivity contribution in [3.05, 3.63) is 52.0 Å². The van der Waals surface area contributed by atoms with Gasteiger partial charge in [-0.15, -0.1) is 0 Å². The molecule has 2 rings (SSSR count). The Morgan fingerprint density at radius 2 is 2.14 bits per heavy atom. The second-order valence-corrected chi connectivity index (χ2v) is 3.24. The second-order valence-electron chi connectivity index (χ2n) is 2.80. The van der Waals surface area contributed by atoms with Gasteiger partial charge in [-0.3, -0.25) is 0 Å². The molecular formula is C10H7ClN2O. The van der Waals surface area contributed by atoms with E-state index in [4.69, 9.17) is 11.6 Å². The summed E-state index contributed by atoms with van der Waals surface area (Å²) in [7, 11) is 0. The average molecular weight is 207 g/mol. The van der Waals surface area contributed by atoms with E-state index in [0.29, 0.717) is 10.7 Å².